The molecule has 2 rings (SSSR count). The molecule has 102 valence electrons. The van der Waals surface area contributed by atoms with Crippen molar-refractivity contribution in [2.24, 2.45) is 18.7 Å². The Balaban J connectivity index is 1.98. The van der Waals surface area contributed by atoms with E-state index in [0.29, 0.717) is 24.2 Å². The van der Waals surface area contributed by atoms with Crippen LogP contribution >= 0.6 is 11.6 Å². The molecule has 2 N–H and O–H groups in total. The summed E-state index contributed by atoms with van der Waals surface area (Å²) in [5.41, 5.74) is 7.75. The lowest BCUT2D eigenvalue weighted by Gasteiger charge is -2.30. The Labute approximate surface area is 113 Å². The molecular weight excluding hydrogens is 250 g/mol. The smallest absolute Gasteiger partial charge is 0.132 e. The number of hydrogen-bond donors (Lipinski definition) is 1. The standard InChI is InChI=1S/C13H22ClN3O/c1-9-11(13(14)17(2)16-9)8-18-12-6-4-3-5-10(12)7-15/h10,12H,3-8,15H2,1-2H3. The Morgan fingerprint density at radius 3 is 2.78 bits per heavy atom. The van der Waals surface area contributed by atoms with Crippen molar-refractivity contribution in [1.29, 1.82) is 0 Å². The largest absolute Gasteiger partial charge is 0.373 e. The molecular formula is C13H22ClN3O. The van der Waals surface area contributed by atoms with Crippen LogP contribution in [0.1, 0.15) is 36.9 Å². The fourth-order valence-electron chi connectivity index (χ4n) is 2.69. The summed E-state index contributed by atoms with van der Waals surface area (Å²) in [6.45, 7) is 3.22. The molecule has 2 atom stereocenters. The van der Waals surface area contributed by atoms with Gasteiger partial charge in [-0.05, 0) is 32.2 Å². The van der Waals surface area contributed by atoms with Crippen molar-refractivity contribution in [2.75, 3.05) is 6.54 Å². The van der Waals surface area contributed by atoms with Gasteiger partial charge in [-0.1, -0.05) is 24.4 Å². The van der Waals surface area contributed by atoms with Gasteiger partial charge in [-0.2, -0.15) is 5.10 Å². The summed E-state index contributed by atoms with van der Waals surface area (Å²) in [5, 5.41) is 4.97. The van der Waals surface area contributed by atoms with E-state index in [-0.39, 0.29) is 6.10 Å². The van der Waals surface area contributed by atoms with E-state index in [0.717, 1.165) is 17.7 Å². The third-order valence-corrected chi connectivity index (χ3v) is 4.33. The Bertz CT molecular complexity index is 405. The van der Waals surface area contributed by atoms with Crippen LogP contribution in [0.5, 0.6) is 0 Å². The molecule has 0 spiro atoms. The van der Waals surface area contributed by atoms with E-state index in [4.69, 9.17) is 22.1 Å². The number of aromatic nitrogens is 2. The molecule has 1 aliphatic rings. The Hall–Kier alpha value is -0.580. The van der Waals surface area contributed by atoms with E-state index in [9.17, 15) is 0 Å². The van der Waals surface area contributed by atoms with E-state index in [2.05, 4.69) is 5.10 Å². The summed E-state index contributed by atoms with van der Waals surface area (Å²) in [4.78, 5) is 0. The van der Waals surface area contributed by atoms with Crippen LogP contribution in [0, 0.1) is 12.8 Å². The predicted molar refractivity (Wildman–Crippen MR) is 72.5 cm³/mol. The van der Waals surface area contributed by atoms with Gasteiger partial charge in [0.1, 0.15) is 5.15 Å². The van der Waals surface area contributed by atoms with Gasteiger partial charge in [-0.15, -0.1) is 0 Å². The Morgan fingerprint density at radius 1 is 1.44 bits per heavy atom. The van der Waals surface area contributed by atoms with E-state index >= 15 is 0 Å². The van der Waals surface area contributed by atoms with Crippen LogP contribution in [-0.4, -0.2) is 22.4 Å². The van der Waals surface area contributed by atoms with Gasteiger partial charge in [0.05, 0.1) is 18.4 Å². The number of nitrogens with two attached hydrogens (primary N) is 1. The average molecular weight is 272 g/mol. The van der Waals surface area contributed by atoms with Crippen molar-refractivity contribution in [2.45, 2.75) is 45.3 Å². The molecule has 0 radical (unpaired) electrons. The first-order chi connectivity index (χ1) is 8.63. The summed E-state index contributed by atoms with van der Waals surface area (Å²) in [6.07, 6.45) is 5.08. The third kappa shape index (κ3) is 2.87. The number of hydrogen-bond acceptors (Lipinski definition) is 3. The van der Waals surface area contributed by atoms with Crippen LogP contribution in [0.4, 0.5) is 0 Å². The second kappa shape index (κ2) is 6.04. The SMILES string of the molecule is Cc1nn(C)c(Cl)c1COC1CCCCC1CN. The highest BCUT2D eigenvalue weighted by Crippen LogP contribution is 2.28. The molecule has 4 nitrogen and oxygen atoms in total. The highest BCUT2D eigenvalue weighted by Gasteiger charge is 2.25. The summed E-state index contributed by atoms with van der Waals surface area (Å²) < 4.78 is 7.72. The predicted octanol–water partition coefficient (Wildman–Crippen LogP) is 2.42. The molecule has 1 aromatic rings. The van der Waals surface area contributed by atoms with Crippen LogP contribution in [-0.2, 0) is 18.4 Å². The lowest BCUT2D eigenvalue weighted by Crippen LogP contribution is -2.33. The molecule has 0 aliphatic heterocycles. The number of aryl methyl sites for hydroxylation is 2. The highest BCUT2D eigenvalue weighted by molar-refractivity contribution is 6.30. The minimum absolute atomic E-state index is 0.277. The molecule has 18 heavy (non-hydrogen) atoms. The van der Waals surface area contributed by atoms with Gasteiger partial charge in [0, 0.05) is 12.6 Å². The minimum Gasteiger partial charge on any atom is -0.373 e. The molecule has 0 aromatic carbocycles. The zero-order chi connectivity index (χ0) is 13.1. The fourth-order valence-corrected chi connectivity index (χ4v) is 2.92. The molecule has 0 bridgehead atoms. The van der Waals surface area contributed by atoms with Crippen molar-refractivity contribution in [1.82, 2.24) is 9.78 Å². The first-order valence-corrected chi connectivity index (χ1v) is 7.01. The molecule has 0 saturated heterocycles. The Morgan fingerprint density at radius 2 is 2.17 bits per heavy atom. The topological polar surface area (TPSA) is 53.1 Å². The maximum atomic E-state index is 6.20. The van der Waals surface area contributed by atoms with E-state index < -0.39 is 0 Å². The van der Waals surface area contributed by atoms with Gasteiger partial charge in [0.25, 0.3) is 0 Å². The normalized spacial score (nSPS) is 24.4. The van der Waals surface area contributed by atoms with E-state index in [1.165, 1.54) is 19.3 Å². The van der Waals surface area contributed by atoms with Crippen LogP contribution < -0.4 is 5.73 Å². The molecule has 0 amide bonds. The number of ether oxygens (including phenoxy) is 1. The highest BCUT2D eigenvalue weighted by atomic mass is 35.5. The molecule has 2 unspecified atom stereocenters. The maximum absolute atomic E-state index is 6.20. The van der Waals surface area contributed by atoms with Crippen molar-refractivity contribution in [3.63, 3.8) is 0 Å². The molecule has 1 heterocycles. The summed E-state index contributed by atoms with van der Waals surface area (Å²) >= 11 is 6.20. The van der Waals surface area contributed by atoms with Crippen molar-refractivity contribution >= 4 is 11.6 Å². The van der Waals surface area contributed by atoms with Gasteiger partial charge in [0.2, 0.25) is 0 Å². The zero-order valence-corrected chi connectivity index (χ0v) is 11.9. The van der Waals surface area contributed by atoms with Crippen molar-refractivity contribution < 1.29 is 4.74 Å². The van der Waals surface area contributed by atoms with Crippen molar-refractivity contribution in [3.8, 4) is 0 Å². The first kappa shape index (κ1) is 13.8. The van der Waals surface area contributed by atoms with Crippen LogP contribution in [0.15, 0.2) is 0 Å². The lowest BCUT2D eigenvalue weighted by molar-refractivity contribution is -0.0184. The van der Waals surface area contributed by atoms with E-state index in [1.54, 1.807) is 4.68 Å². The van der Waals surface area contributed by atoms with Crippen LogP contribution in [0.2, 0.25) is 5.15 Å². The average Bonchev–Trinajstić information content (AvgIpc) is 2.62. The van der Waals surface area contributed by atoms with Gasteiger partial charge in [-0.3, -0.25) is 4.68 Å². The fraction of sp³-hybridized carbons (Fsp3) is 0.769. The second-order valence-corrected chi connectivity index (χ2v) is 5.47. The van der Waals surface area contributed by atoms with Gasteiger partial charge >= 0.3 is 0 Å². The maximum Gasteiger partial charge on any atom is 0.132 e. The zero-order valence-electron chi connectivity index (χ0n) is 11.2. The van der Waals surface area contributed by atoms with Gasteiger partial charge in [0.15, 0.2) is 0 Å². The lowest BCUT2D eigenvalue weighted by atomic mass is 9.86. The molecule has 1 aliphatic carbocycles. The van der Waals surface area contributed by atoms with Crippen molar-refractivity contribution in [3.05, 3.63) is 16.4 Å². The minimum atomic E-state index is 0.277. The molecule has 1 aromatic heterocycles. The monoisotopic (exact) mass is 271 g/mol. The van der Waals surface area contributed by atoms with Gasteiger partial charge in [-0.25, -0.2) is 0 Å². The number of rotatable bonds is 4. The summed E-state index contributed by atoms with van der Waals surface area (Å²) in [7, 11) is 1.85. The summed E-state index contributed by atoms with van der Waals surface area (Å²) in [5.74, 6) is 0.495. The number of halogens is 1. The first-order valence-electron chi connectivity index (χ1n) is 6.63. The van der Waals surface area contributed by atoms with E-state index in [1.807, 2.05) is 14.0 Å². The third-order valence-electron chi connectivity index (χ3n) is 3.85. The van der Waals surface area contributed by atoms with Crippen LogP contribution in [0.25, 0.3) is 0 Å². The second-order valence-electron chi connectivity index (χ2n) is 5.11. The Kier molecular flexibility index (Phi) is 4.65. The number of nitrogens with zero attached hydrogens (tertiary/aromatic N) is 2. The molecule has 1 fully saturated rings. The quantitative estimate of drug-likeness (QED) is 0.915. The van der Waals surface area contributed by atoms with Gasteiger partial charge < -0.3 is 10.5 Å². The van der Waals surface area contributed by atoms with Crippen LogP contribution in [0.3, 0.4) is 0 Å². The molecule has 1 saturated carbocycles. The molecule has 5 heteroatoms. The summed E-state index contributed by atoms with van der Waals surface area (Å²) in [6, 6.07) is 0.